The van der Waals surface area contributed by atoms with Gasteiger partial charge in [0.1, 0.15) is 5.60 Å². The number of piperidine rings is 1. The SMILES string of the molecule is CNC[C@H](CC1CCCCC1)NC(=O)N1CCC[C@@H]([C@@](O)(CCCCOC)c2cc(Cl)ccn2)C1. The fraction of sp³-hybridized carbons (Fsp3) is 0.778. The third kappa shape index (κ3) is 8.31. The molecule has 2 aliphatic rings. The van der Waals surface area contributed by atoms with Crippen molar-refractivity contribution in [2.45, 2.75) is 82.3 Å². The van der Waals surface area contributed by atoms with Gasteiger partial charge in [-0.15, -0.1) is 0 Å². The van der Waals surface area contributed by atoms with Gasteiger partial charge in [0.2, 0.25) is 0 Å². The smallest absolute Gasteiger partial charge is 0.317 e. The number of carbonyl (C=O) groups is 1. The van der Waals surface area contributed by atoms with Crippen LogP contribution in [-0.2, 0) is 10.3 Å². The number of carbonyl (C=O) groups excluding carboxylic acids is 1. The van der Waals surface area contributed by atoms with E-state index in [1.807, 2.05) is 11.9 Å². The number of ether oxygens (including phenoxy) is 1. The quantitative estimate of drug-likeness (QED) is 0.356. The number of halogens is 1. The Morgan fingerprint density at radius 1 is 1.29 bits per heavy atom. The van der Waals surface area contributed by atoms with Gasteiger partial charge in [0.05, 0.1) is 5.69 Å². The predicted octanol–water partition coefficient (Wildman–Crippen LogP) is 4.72. The second-order valence-corrected chi connectivity index (χ2v) is 10.9. The van der Waals surface area contributed by atoms with Gasteiger partial charge >= 0.3 is 6.03 Å². The number of pyridine rings is 1. The molecule has 0 aromatic carbocycles. The summed E-state index contributed by atoms with van der Waals surface area (Å²) in [6.07, 6.45) is 13.1. The molecule has 0 radical (unpaired) electrons. The lowest BCUT2D eigenvalue weighted by molar-refractivity contribution is -0.0596. The van der Waals surface area contributed by atoms with E-state index in [1.54, 1.807) is 25.4 Å². The van der Waals surface area contributed by atoms with Crippen LogP contribution < -0.4 is 10.6 Å². The summed E-state index contributed by atoms with van der Waals surface area (Å²) in [5.41, 5.74) is -0.538. The van der Waals surface area contributed by atoms with Crippen LogP contribution in [0.3, 0.4) is 0 Å². The van der Waals surface area contributed by atoms with Crippen LogP contribution in [0.2, 0.25) is 5.02 Å². The van der Waals surface area contributed by atoms with Crippen molar-refractivity contribution in [3.05, 3.63) is 29.0 Å². The van der Waals surface area contributed by atoms with Gasteiger partial charge in [0.15, 0.2) is 0 Å². The van der Waals surface area contributed by atoms with Gasteiger partial charge in [-0.2, -0.15) is 0 Å². The van der Waals surface area contributed by atoms with E-state index in [0.29, 0.717) is 42.8 Å². The Balaban J connectivity index is 1.67. The molecule has 35 heavy (non-hydrogen) atoms. The van der Waals surface area contributed by atoms with E-state index in [2.05, 4.69) is 15.6 Å². The minimum atomic E-state index is -1.13. The molecular formula is C27H45ClN4O3. The van der Waals surface area contributed by atoms with Gasteiger partial charge in [0.25, 0.3) is 0 Å². The van der Waals surface area contributed by atoms with Crippen molar-refractivity contribution in [3.63, 3.8) is 0 Å². The highest BCUT2D eigenvalue weighted by atomic mass is 35.5. The second-order valence-electron chi connectivity index (χ2n) is 10.5. The van der Waals surface area contributed by atoms with Crippen molar-refractivity contribution in [3.8, 4) is 0 Å². The van der Waals surface area contributed by atoms with Crippen molar-refractivity contribution < 1.29 is 14.6 Å². The van der Waals surface area contributed by atoms with Crippen molar-refractivity contribution in [2.24, 2.45) is 11.8 Å². The van der Waals surface area contributed by atoms with Gasteiger partial charge < -0.3 is 25.4 Å². The summed E-state index contributed by atoms with van der Waals surface area (Å²) in [5.74, 6) is 0.596. The van der Waals surface area contributed by atoms with Gasteiger partial charge in [-0.05, 0) is 63.6 Å². The van der Waals surface area contributed by atoms with Crippen molar-refractivity contribution in [1.29, 1.82) is 0 Å². The van der Waals surface area contributed by atoms with Crippen molar-refractivity contribution in [2.75, 3.05) is 40.4 Å². The molecule has 8 heteroatoms. The van der Waals surface area contributed by atoms with Crippen LogP contribution in [0.1, 0.15) is 76.3 Å². The number of rotatable bonds is 12. The fourth-order valence-corrected chi connectivity index (χ4v) is 6.07. The van der Waals surface area contributed by atoms with E-state index < -0.39 is 5.60 Å². The summed E-state index contributed by atoms with van der Waals surface area (Å²) in [5, 5.41) is 19.1. The highest BCUT2D eigenvalue weighted by Gasteiger charge is 2.42. The number of amides is 2. The summed E-state index contributed by atoms with van der Waals surface area (Å²) in [6.45, 7) is 2.65. The standard InChI is InChI=1S/C27H45ClN4O3/c1-29-19-24(17-21-9-4-3-5-10-21)31-26(33)32-15-8-11-22(20-32)27(34,13-6-7-16-35-2)25-18-23(28)12-14-30-25/h12,14,18,21-22,24,29,34H,3-11,13,15-17,19-20H2,1-2H3,(H,31,33)/t22-,24+,27+/m1/s1. The van der Waals surface area contributed by atoms with Crippen molar-refractivity contribution in [1.82, 2.24) is 20.5 Å². The number of unbranched alkanes of at least 4 members (excludes halogenated alkanes) is 1. The Kier molecular flexibility index (Phi) is 11.6. The van der Waals surface area contributed by atoms with Crippen LogP contribution in [0.5, 0.6) is 0 Å². The molecule has 1 aromatic rings. The Hall–Kier alpha value is -1.41. The largest absolute Gasteiger partial charge is 0.385 e. The normalized spacial score (nSPS) is 21.9. The zero-order valence-corrected chi connectivity index (χ0v) is 22.4. The Morgan fingerprint density at radius 2 is 2.09 bits per heavy atom. The second kappa shape index (κ2) is 14.4. The maximum Gasteiger partial charge on any atom is 0.317 e. The molecular weight excluding hydrogens is 464 g/mol. The third-order valence-corrected chi connectivity index (χ3v) is 8.06. The van der Waals surface area contributed by atoms with Gasteiger partial charge in [-0.1, -0.05) is 43.7 Å². The number of likely N-dealkylation sites (tertiary alicyclic amines) is 1. The average molecular weight is 509 g/mol. The topological polar surface area (TPSA) is 86.7 Å². The van der Waals surface area contributed by atoms with E-state index in [9.17, 15) is 9.90 Å². The molecule has 3 N–H and O–H groups in total. The predicted molar refractivity (Wildman–Crippen MR) is 141 cm³/mol. The maximum absolute atomic E-state index is 13.3. The molecule has 0 spiro atoms. The molecule has 1 aliphatic carbocycles. The first kappa shape index (κ1) is 28.2. The van der Waals surface area contributed by atoms with E-state index in [1.165, 1.54) is 32.1 Å². The Labute approximate surface area is 216 Å². The first-order valence-electron chi connectivity index (χ1n) is 13.5. The first-order valence-corrected chi connectivity index (χ1v) is 13.9. The number of likely N-dealkylation sites (N-methyl/N-ethyl adjacent to an activating group) is 1. The molecule has 2 heterocycles. The lowest BCUT2D eigenvalue weighted by Crippen LogP contribution is -2.54. The molecule has 7 nitrogen and oxygen atoms in total. The molecule has 198 valence electrons. The number of urea groups is 1. The van der Waals surface area contributed by atoms with Crippen LogP contribution in [0.4, 0.5) is 4.79 Å². The summed E-state index contributed by atoms with van der Waals surface area (Å²) < 4.78 is 5.20. The molecule has 2 fully saturated rings. The lowest BCUT2D eigenvalue weighted by atomic mass is 9.76. The van der Waals surface area contributed by atoms with Crippen LogP contribution in [-0.4, -0.2) is 67.5 Å². The molecule has 1 aromatic heterocycles. The van der Waals surface area contributed by atoms with Gasteiger partial charge in [0, 0.05) is 56.5 Å². The molecule has 2 amide bonds. The van der Waals surface area contributed by atoms with Crippen LogP contribution in [0.25, 0.3) is 0 Å². The molecule has 1 aliphatic heterocycles. The van der Waals surface area contributed by atoms with Gasteiger partial charge in [-0.3, -0.25) is 4.98 Å². The zero-order chi connectivity index (χ0) is 25.1. The Bertz CT molecular complexity index is 777. The summed E-state index contributed by atoms with van der Waals surface area (Å²) in [7, 11) is 3.64. The fourth-order valence-electron chi connectivity index (χ4n) is 5.91. The van der Waals surface area contributed by atoms with E-state index in [-0.39, 0.29) is 18.0 Å². The number of nitrogens with one attached hydrogen (secondary N) is 2. The van der Waals surface area contributed by atoms with Crippen molar-refractivity contribution >= 4 is 17.6 Å². The molecule has 1 saturated heterocycles. The summed E-state index contributed by atoms with van der Waals surface area (Å²) in [6, 6.07) is 3.60. The maximum atomic E-state index is 13.3. The van der Waals surface area contributed by atoms with Crippen LogP contribution >= 0.6 is 11.6 Å². The number of aliphatic hydroxyl groups is 1. The van der Waals surface area contributed by atoms with E-state index >= 15 is 0 Å². The van der Waals surface area contributed by atoms with Gasteiger partial charge in [-0.25, -0.2) is 4.79 Å². The molecule has 0 bridgehead atoms. The first-order chi connectivity index (χ1) is 17.0. The Morgan fingerprint density at radius 3 is 2.80 bits per heavy atom. The zero-order valence-electron chi connectivity index (χ0n) is 21.6. The average Bonchev–Trinajstić information content (AvgIpc) is 2.87. The number of aromatic nitrogens is 1. The third-order valence-electron chi connectivity index (χ3n) is 7.83. The minimum Gasteiger partial charge on any atom is -0.385 e. The highest BCUT2D eigenvalue weighted by molar-refractivity contribution is 6.30. The minimum absolute atomic E-state index is 0.0217. The van der Waals surface area contributed by atoms with E-state index in [4.69, 9.17) is 16.3 Å². The molecule has 1 saturated carbocycles. The summed E-state index contributed by atoms with van der Waals surface area (Å²) in [4.78, 5) is 19.7. The molecule has 0 unspecified atom stereocenters. The summed E-state index contributed by atoms with van der Waals surface area (Å²) >= 11 is 6.27. The number of hydrogen-bond acceptors (Lipinski definition) is 5. The lowest BCUT2D eigenvalue weighted by Gasteiger charge is -2.42. The highest BCUT2D eigenvalue weighted by Crippen LogP contribution is 2.39. The monoisotopic (exact) mass is 508 g/mol. The number of hydrogen-bond donors (Lipinski definition) is 3. The number of methoxy groups -OCH3 is 1. The van der Waals surface area contributed by atoms with Crippen LogP contribution in [0, 0.1) is 11.8 Å². The molecule has 3 atom stereocenters. The number of nitrogens with zero attached hydrogens (tertiary/aromatic N) is 2. The van der Waals surface area contributed by atoms with Crippen LogP contribution in [0.15, 0.2) is 18.3 Å². The van der Waals surface area contributed by atoms with E-state index in [0.717, 1.165) is 38.6 Å². The molecule has 3 rings (SSSR count).